The molecule has 0 unspecified atom stereocenters. The van der Waals surface area contributed by atoms with Gasteiger partial charge in [0.2, 0.25) is 10.0 Å². The molecule has 2 N–H and O–H groups in total. The van der Waals surface area contributed by atoms with Gasteiger partial charge in [0.25, 0.3) is 0 Å². The van der Waals surface area contributed by atoms with E-state index in [1.807, 2.05) is 0 Å². The zero-order valence-electron chi connectivity index (χ0n) is 10.6. The second kappa shape index (κ2) is 5.86. The molecule has 0 radical (unpaired) electrons. The average Bonchev–Trinajstić information content (AvgIpc) is 2.27. The van der Waals surface area contributed by atoms with Crippen LogP contribution in [0.2, 0.25) is 0 Å². The van der Waals surface area contributed by atoms with Crippen LogP contribution in [0.4, 0.5) is 19.0 Å². The van der Waals surface area contributed by atoms with Crippen molar-refractivity contribution in [2.45, 2.75) is 31.0 Å². The Hall–Kier alpha value is -0.870. The van der Waals surface area contributed by atoms with E-state index in [0.29, 0.717) is 8.78 Å². The lowest BCUT2D eigenvalue weighted by atomic mass is 10.4. The van der Waals surface area contributed by atoms with Gasteiger partial charge in [-0.2, -0.15) is 17.5 Å². The number of pyridine rings is 1. The highest BCUT2D eigenvalue weighted by Gasteiger charge is 2.39. The summed E-state index contributed by atoms with van der Waals surface area (Å²) in [6.07, 6.45) is -3.39. The van der Waals surface area contributed by atoms with Crippen LogP contribution in [0, 0.1) is 0 Å². The van der Waals surface area contributed by atoms with E-state index in [1.54, 1.807) is 0 Å². The highest BCUT2D eigenvalue weighted by Crippen LogP contribution is 2.28. The summed E-state index contributed by atoms with van der Waals surface area (Å²) in [5.74, 6) is -0.346. The van der Waals surface area contributed by atoms with Crippen LogP contribution in [0.5, 0.6) is 0 Å². The second-order valence-electron chi connectivity index (χ2n) is 4.30. The minimum absolute atomic E-state index is 0.306. The van der Waals surface area contributed by atoms with Gasteiger partial charge in [-0.1, -0.05) is 0 Å². The zero-order chi connectivity index (χ0) is 15.7. The lowest BCUT2D eigenvalue weighted by Crippen LogP contribution is -2.43. The van der Waals surface area contributed by atoms with Crippen LogP contribution in [0.25, 0.3) is 0 Å². The summed E-state index contributed by atoms with van der Waals surface area (Å²) in [7, 11) is -4.39. The van der Waals surface area contributed by atoms with Gasteiger partial charge in [-0.15, -0.1) is 0 Å². The third kappa shape index (κ3) is 4.06. The van der Waals surface area contributed by atoms with Crippen LogP contribution in [0.15, 0.2) is 21.6 Å². The van der Waals surface area contributed by atoms with Crippen molar-refractivity contribution in [3.8, 4) is 0 Å². The average molecular weight is 376 g/mol. The topological polar surface area (TPSA) is 76.3 Å². The molecule has 0 aliphatic rings. The fourth-order valence-corrected chi connectivity index (χ4v) is 3.69. The van der Waals surface area contributed by atoms with Crippen LogP contribution in [-0.4, -0.2) is 36.5 Å². The Morgan fingerprint density at radius 1 is 1.45 bits per heavy atom. The van der Waals surface area contributed by atoms with E-state index in [0.717, 1.165) is 6.07 Å². The molecule has 5 nitrogen and oxygen atoms in total. The Kier molecular flexibility index (Phi) is 5.03. The SMILES string of the molecule is CC(C)N(CC(F)(F)F)S(=O)(=O)c1cc(Br)cnc1N. The van der Waals surface area contributed by atoms with E-state index in [4.69, 9.17) is 5.73 Å². The maximum atomic E-state index is 12.5. The van der Waals surface area contributed by atoms with Gasteiger partial charge in [0.15, 0.2) is 0 Å². The van der Waals surface area contributed by atoms with E-state index < -0.39 is 33.7 Å². The van der Waals surface area contributed by atoms with Gasteiger partial charge >= 0.3 is 6.18 Å². The number of hydrogen-bond acceptors (Lipinski definition) is 4. The summed E-state index contributed by atoms with van der Waals surface area (Å²) in [6, 6.07) is 0.253. The van der Waals surface area contributed by atoms with Gasteiger partial charge in [-0.25, -0.2) is 13.4 Å². The first-order chi connectivity index (χ1) is 8.95. The molecular formula is C10H13BrF3N3O2S. The first kappa shape index (κ1) is 17.2. The normalized spacial score (nSPS) is 13.2. The number of aromatic nitrogens is 1. The Morgan fingerprint density at radius 3 is 2.45 bits per heavy atom. The predicted octanol–water partition coefficient (Wildman–Crippen LogP) is 2.39. The molecule has 0 fully saturated rings. The Morgan fingerprint density at radius 2 is 2.00 bits per heavy atom. The number of alkyl halides is 3. The van der Waals surface area contributed by atoms with Crippen molar-refractivity contribution in [1.29, 1.82) is 0 Å². The second-order valence-corrected chi connectivity index (χ2v) is 7.07. The number of anilines is 1. The van der Waals surface area contributed by atoms with E-state index in [-0.39, 0.29) is 5.82 Å². The molecule has 114 valence electrons. The maximum absolute atomic E-state index is 12.5. The van der Waals surface area contributed by atoms with Gasteiger partial charge in [0, 0.05) is 16.7 Å². The first-order valence-electron chi connectivity index (χ1n) is 5.45. The number of nitrogen functional groups attached to an aromatic ring is 1. The van der Waals surface area contributed by atoms with Crippen molar-refractivity contribution in [2.24, 2.45) is 0 Å². The van der Waals surface area contributed by atoms with E-state index in [1.165, 1.54) is 20.0 Å². The molecule has 1 rings (SSSR count). The van der Waals surface area contributed by atoms with Crippen molar-refractivity contribution >= 4 is 31.8 Å². The number of nitrogens with two attached hydrogens (primary N) is 1. The molecule has 1 aromatic heterocycles. The Bertz CT molecular complexity index is 590. The molecule has 0 aliphatic heterocycles. The minimum atomic E-state index is -4.65. The molecule has 10 heteroatoms. The molecule has 0 atom stereocenters. The summed E-state index contributed by atoms with van der Waals surface area (Å²) in [4.78, 5) is 3.17. The minimum Gasteiger partial charge on any atom is -0.383 e. The van der Waals surface area contributed by atoms with E-state index in [2.05, 4.69) is 20.9 Å². The van der Waals surface area contributed by atoms with Gasteiger partial charge in [-0.05, 0) is 35.8 Å². The predicted molar refractivity (Wildman–Crippen MR) is 71.4 cm³/mol. The summed E-state index contributed by atoms with van der Waals surface area (Å²) in [5.41, 5.74) is 5.46. The van der Waals surface area contributed by atoms with Crippen LogP contribution in [-0.2, 0) is 10.0 Å². The van der Waals surface area contributed by atoms with Crippen molar-refractivity contribution in [2.75, 3.05) is 12.3 Å². The molecule has 1 aromatic rings. The van der Waals surface area contributed by atoms with Crippen LogP contribution >= 0.6 is 15.9 Å². The number of nitrogens with zero attached hydrogens (tertiary/aromatic N) is 2. The van der Waals surface area contributed by atoms with E-state index >= 15 is 0 Å². The first-order valence-corrected chi connectivity index (χ1v) is 7.68. The Balaban J connectivity index is 3.34. The summed E-state index contributed by atoms with van der Waals surface area (Å²) in [6.45, 7) is 1.12. The standard InChI is InChI=1S/C10H13BrF3N3O2S/c1-6(2)17(5-10(12,13)14)20(18,19)8-3-7(11)4-16-9(8)15/h3-4,6H,5H2,1-2H3,(H2,15,16). The largest absolute Gasteiger partial charge is 0.402 e. The molecule has 0 spiro atoms. The smallest absolute Gasteiger partial charge is 0.383 e. The zero-order valence-corrected chi connectivity index (χ0v) is 13.1. The van der Waals surface area contributed by atoms with Crippen molar-refractivity contribution in [3.05, 3.63) is 16.7 Å². The van der Waals surface area contributed by atoms with Gasteiger partial charge < -0.3 is 5.73 Å². The van der Waals surface area contributed by atoms with E-state index in [9.17, 15) is 21.6 Å². The van der Waals surface area contributed by atoms with Gasteiger partial charge in [0.1, 0.15) is 17.3 Å². The molecule has 20 heavy (non-hydrogen) atoms. The molecule has 1 heterocycles. The van der Waals surface area contributed by atoms with Crippen LogP contribution in [0.3, 0.4) is 0 Å². The lowest BCUT2D eigenvalue weighted by molar-refractivity contribution is -0.138. The molecule has 0 bridgehead atoms. The van der Waals surface area contributed by atoms with Crippen molar-refractivity contribution < 1.29 is 21.6 Å². The molecule has 0 amide bonds. The van der Waals surface area contributed by atoms with Gasteiger partial charge in [0.05, 0.1) is 0 Å². The van der Waals surface area contributed by atoms with Crippen molar-refractivity contribution in [1.82, 2.24) is 9.29 Å². The van der Waals surface area contributed by atoms with Crippen molar-refractivity contribution in [3.63, 3.8) is 0 Å². The molecular weight excluding hydrogens is 363 g/mol. The molecule has 0 saturated heterocycles. The summed E-state index contributed by atoms with van der Waals surface area (Å²) < 4.78 is 62.9. The number of rotatable bonds is 4. The lowest BCUT2D eigenvalue weighted by Gasteiger charge is -2.27. The fraction of sp³-hybridized carbons (Fsp3) is 0.500. The fourth-order valence-electron chi connectivity index (χ4n) is 1.49. The number of sulfonamides is 1. The third-order valence-corrected chi connectivity index (χ3v) is 4.83. The van der Waals surface area contributed by atoms with Gasteiger partial charge in [-0.3, -0.25) is 0 Å². The number of hydrogen-bond donors (Lipinski definition) is 1. The monoisotopic (exact) mass is 375 g/mol. The maximum Gasteiger partial charge on any atom is 0.402 e. The quantitative estimate of drug-likeness (QED) is 0.876. The number of halogens is 4. The third-order valence-electron chi connectivity index (χ3n) is 2.35. The van der Waals surface area contributed by atoms with Crippen LogP contribution in [0.1, 0.15) is 13.8 Å². The highest BCUT2D eigenvalue weighted by molar-refractivity contribution is 9.10. The molecule has 0 aliphatic carbocycles. The highest BCUT2D eigenvalue weighted by atomic mass is 79.9. The summed E-state index contributed by atoms with van der Waals surface area (Å²) >= 11 is 3.01. The molecule has 0 saturated carbocycles. The van der Waals surface area contributed by atoms with Crippen LogP contribution < -0.4 is 5.73 Å². The molecule has 0 aromatic carbocycles. The summed E-state index contributed by atoms with van der Waals surface area (Å²) in [5, 5.41) is 0. The Labute approximate surface area is 123 Å².